The molecule has 2 aromatic rings. The van der Waals surface area contributed by atoms with Crippen LogP contribution in [0.2, 0.25) is 0 Å². The Morgan fingerprint density at radius 2 is 2.05 bits per heavy atom. The van der Waals surface area contributed by atoms with E-state index >= 15 is 0 Å². The predicted octanol–water partition coefficient (Wildman–Crippen LogP) is 2.57. The fraction of sp³-hybridized carbons (Fsp3) is 0.500. The molecule has 2 heterocycles. The third kappa shape index (κ3) is 2.75. The maximum atomic E-state index is 4.64. The molecule has 19 heavy (non-hydrogen) atoms. The van der Waals surface area contributed by atoms with Crippen molar-refractivity contribution in [3.8, 4) is 11.6 Å². The van der Waals surface area contributed by atoms with Gasteiger partial charge in [0.15, 0.2) is 11.6 Å². The van der Waals surface area contributed by atoms with Gasteiger partial charge in [-0.3, -0.25) is 0 Å². The Morgan fingerprint density at radius 1 is 1.26 bits per heavy atom. The molecule has 5 heteroatoms. The second kappa shape index (κ2) is 5.82. The number of anilines is 1. The number of hydrogen-bond acceptors (Lipinski definition) is 4. The first-order chi connectivity index (χ1) is 9.17. The molecule has 0 bridgehead atoms. The quantitative estimate of drug-likeness (QED) is 0.896. The second-order valence-electron chi connectivity index (χ2n) is 4.60. The van der Waals surface area contributed by atoms with Crippen LogP contribution in [-0.2, 0) is 13.5 Å². The molecule has 0 saturated carbocycles. The number of aryl methyl sites for hydroxylation is 2. The Labute approximate surface area is 114 Å². The SMILES string of the molecule is CCCNc1nc(-c2nccn2C)nc(C)c1CC. The molecule has 2 aromatic heterocycles. The highest BCUT2D eigenvalue weighted by Gasteiger charge is 2.13. The van der Waals surface area contributed by atoms with Crippen LogP contribution in [0.3, 0.4) is 0 Å². The zero-order chi connectivity index (χ0) is 13.8. The van der Waals surface area contributed by atoms with Crippen LogP contribution < -0.4 is 5.32 Å². The van der Waals surface area contributed by atoms with E-state index in [1.165, 1.54) is 5.56 Å². The fourth-order valence-electron chi connectivity index (χ4n) is 2.09. The van der Waals surface area contributed by atoms with Gasteiger partial charge in [0.2, 0.25) is 0 Å². The lowest BCUT2D eigenvalue weighted by atomic mass is 10.1. The van der Waals surface area contributed by atoms with Crippen molar-refractivity contribution >= 4 is 5.82 Å². The van der Waals surface area contributed by atoms with Crippen molar-refractivity contribution in [3.05, 3.63) is 23.7 Å². The van der Waals surface area contributed by atoms with Gasteiger partial charge in [0.25, 0.3) is 0 Å². The van der Waals surface area contributed by atoms with Crippen LogP contribution in [0.4, 0.5) is 5.82 Å². The summed E-state index contributed by atoms with van der Waals surface area (Å²) in [7, 11) is 1.95. The Bertz CT molecular complexity index is 559. The van der Waals surface area contributed by atoms with E-state index in [-0.39, 0.29) is 0 Å². The summed E-state index contributed by atoms with van der Waals surface area (Å²) in [5.74, 6) is 2.42. The molecule has 2 rings (SSSR count). The topological polar surface area (TPSA) is 55.6 Å². The zero-order valence-electron chi connectivity index (χ0n) is 12.1. The summed E-state index contributed by atoms with van der Waals surface area (Å²) in [6.45, 7) is 7.23. The number of aromatic nitrogens is 4. The molecule has 0 aromatic carbocycles. The van der Waals surface area contributed by atoms with E-state index < -0.39 is 0 Å². The van der Waals surface area contributed by atoms with Crippen molar-refractivity contribution < 1.29 is 0 Å². The lowest BCUT2D eigenvalue weighted by Crippen LogP contribution is -2.10. The average Bonchev–Trinajstić information content (AvgIpc) is 2.82. The van der Waals surface area contributed by atoms with Crippen molar-refractivity contribution in [1.29, 1.82) is 0 Å². The standard InChI is InChI=1S/C14H21N5/c1-5-7-15-12-11(6-2)10(3)17-13(18-12)14-16-8-9-19(14)4/h8-9H,5-7H2,1-4H3,(H,15,17,18). The van der Waals surface area contributed by atoms with E-state index in [0.717, 1.165) is 36.7 Å². The third-order valence-corrected chi connectivity index (χ3v) is 3.13. The molecule has 0 fully saturated rings. The largest absolute Gasteiger partial charge is 0.370 e. The Kier molecular flexibility index (Phi) is 4.14. The summed E-state index contributed by atoms with van der Waals surface area (Å²) < 4.78 is 1.93. The molecule has 5 nitrogen and oxygen atoms in total. The summed E-state index contributed by atoms with van der Waals surface area (Å²) in [6, 6.07) is 0. The van der Waals surface area contributed by atoms with Crippen molar-refractivity contribution in [2.75, 3.05) is 11.9 Å². The molecule has 0 spiro atoms. The highest BCUT2D eigenvalue weighted by atomic mass is 15.1. The second-order valence-corrected chi connectivity index (χ2v) is 4.60. The van der Waals surface area contributed by atoms with Gasteiger partial charge in [0.1, 0.15) is 5.82 Å². The lowest BCUT2D eigenvalue weighted by Gasteiger charge is -2.13. The summed E-state index contributed by atoms with van der Waals surface area (Å²) in [5.41, 5.74) is 2.21. The summed E-state index contributed by atoms with van der Waals surface area (Å²) in [5, 5.41) is 3.39. The van der Waals surface area contributed by atoms with Crippen LogP contribution in [0.1, 0.15) is 31.5 Å². The summed E-state index contributed by atoms with van der Waals surface area (Å²) in [6.07, 6.45) is 5.67. The number of imidazole rings is 1. The van der Waals surface area contributed by atoms with Crippen LogP contribution in [-0.4, -0.2) is 26.1 Å². The van der Waals surface area contributed by atoms with E-state index in [2.05, 4.69) is 34.1 Å². The number of hydrogen-bond donors (Lipinski definition) is 1. The average molecular weight is 259 g/mol. The van der Waals surface area contributed by atoms with Crippen molar-refractivity contribution in [1.82, 2.24) is 19.5 Å². The monoisotopic (exact) mass is 259 g/mol. The maximum Gasteiger partial charge on any atom is 0.198 e. The zero-order valence-corrected chi connectivity index (χ0v) is 12.1. The minimum absolute atomic E-state index is 0.681. The van der Waals surface area contributed by atoms with E-state index in [4.69, 9.17) is 0 Å². The summed E-state index contributed by atoms with van der Waals surface area (Å²) >= 11 is 0. The molecule has 0 aliphatic carbocycles. The first-order valence-electron chi connectivity index (χ1n) is 6.76. The van der Waals surface area contributed by atoms with Gasteiger partial charge in [-0.15, -0.1) is 0 Å². The van der Waals surface area contributed by atoms with Gasteiger partial charge >= 0.3 is 0 Å². The molecular weight excluding hydrogens is 238 g/mol. The van der Waals surface area contributed by atoms with Crippen molar-refractivity contribution in [3.63, 3.8) is 0 Å². The fourth-order valence-corrected chi connectivity index (χ4v) is 2.09. The van der Waals surface area contributed by atoms with Gasteiger partial charge in [-0.05, 0) is 19.8 Å². The molecule has 0 aliphatic heterocycles. The molecule has 0 amide bonds. The van der Waals surface area contributed by atoms with E-state index in [1.807, 2.05) is 24.7 Å². The minimum Gasteiger partial charge on any atom is -0.370 e. The first kappa shape index (κ1) is 13.5. The smallest absolute Gasteiger partial charge is 0.198 e. The van der Waals surface area contributed by atoms with E-state index in [0.29, 0.717) is 5.82 Å². The molecule has 0 aliphatic rings. The molecule has 0 atom stereocenters. The number of nitrogens with zero attached hydrogens (tertiary/aromatic N) is 4. The molecule has 0 saturated heterocycles. The van der Waals surface area contributed by atoms with Gasteiger partial charge < -0.3 is 9.88 Å². The van der Waals surface area contributed by atoms with Crippen LogP contribution in [0, 0.1) is 6.92 Å². The number of rotatable bonds is 5. The molecule has 0 radical (unpaired) electrons. The van der Waals surface area contributed by atoms with Gasteiger partial charge in [-0.25, -0.2) is 15.0 Å². The Balaban J connectivity index is 2.47. The third-order valence-electron chi connectivity index (χ3n) is 3.13. The molecule has 0 unspecified atom stereocenters. The van der Waals surface area contributed by atoms with Crippen LogP contribution in [0.15, 0.2) is 12.4 Å². The minimum atomic E-state index is 0.681. The van der Waals surface area contributed by atoms with Gasteiger partial charge in [0, 0.05) is 37.2 Å². The van der Waals surface area contributed by atoms with Crippen molar-refractivity contribution in [2.45, 2.75) is 33.6 Å². The predicted molar refractivity (Wildman–Crippen MR) is 77.1 cm³/mol. The van der Waals surface area contributed by atoms with Crippen LogP contribution in [0.25, 0.3) is 11.6 Å². The first-order valence-corrected chi connectivity index (χ1v) is 6.76. The van der Waals surface area contributed by atoms with Gasteiger partial charge in [-0.1, -0.05) is 13.8 Å². The van der Waals surface area contributed by atoms with E-state index in [1.54, 1.807) is 6.20 Å². The molecular formula is C14H21N5. The van der Waals surface area contributed by atoms with Crippen LogP contribution >= 0.6 is 0 Å². The lowest BCUT2D eigenvalue weighted by molar-refractivity contribution is 0.889. The highest BCUT2D eigenvalue weighted by molar-refractivity contribution is 5.54. The highest BCUT2D eigenvalue weighted by Crippen LogP contribution is 2.21. The van der Waals surface area contributed by atoms with Crippen molar-refractivity contribution in [2.24, 2.45) is 7.05 Å². The van der Waals surface area contributed by atoms with Crippen LogP contribution in [0.5, 0.6) is 0 Å². The Hall–Kier alpha value is -1.91. The Morgan fingerprint density at radius 3 is 2.63 bits per heavy atom. The normalized spacial score (nSPS) is 10.7. The van der Waals surface area contributed by atoms with Gasteiger partial charge in [-0.2, -0.15) is 0 Å². The number of nitrogens with one attached hydrogen (secondary N) is 1. The maximum absolute atomic E-state index is 4.64. The van der Waals surface area contributed by atoms with E-state index in [9.17, 15) is 0 Å². The summed E-state index contributed by atoms with van der Waals surface area (Å²) in [4.78, 5) is 13.5. The molecule has 1 N–H and O–H groups in total. The molecule has 102 valence electrons. The van der Waals surface area contributed by atoms with Gasteiger partial charge in [0.05, 0.1) is 0 Å².